The van der Waals surface area contributed by atoms with Gasteiger partial charge in [-0.2, -0.15) is 0 Å². The van der Waals surface area contributed by atoms with Gasteiger partial charge in [-0.25, -0.2) is 4.98 Å². The largest absolute Gasteiger partial charge is 0.343 e. The topological polar surface area (TPSA) is 42.0 Å². The minimum absolute atomic E-state index is 0.0999. The predicted molar refractivity (Wildman–Crippen MR) is 84.6 cm³/mol. The summed E-state index contributed by atoms with van der Waals surface area (Å²) in [6.45, 7) is 3.93. The smallest absolute Gasteiger partial charge is 0.253 e. The van der Waals surface area contributed by atoms with Crippen LogP contribution in [0.25, 0.3) is 0 Å². The molecule has 0 aliphatic heterocycles. The van der Waals surface area contributed by atoms with E-state index in [-0.39, 0.29) is 11.9 Å². The van der Waals surface area contributed by atoms with E-state index in [0.29, 0.717) is 5.56 Å². The molecule has 0 saturated heterocycles. The fourth-order valence-corrected chi connectivity index (χ4v) is 3.14. The van der Waals surface area contributed by atoms with Crippen molar-refractivity contribution < 1.29 is 4.79 Å². The van der Waals surface area contributed by atoms with Gasteiger partial charge >= 0.3 is 0 Å². The molecular weight excluding hydrogens is 392 g/mol. The molecule has 19 heavy (non-hydrogen) atoms. The first kappa shape index (κ1) is 14.7. The fraction of sp³-hybridized carbons (Fsp3) is 0.231. The van der Waals surface area contributed by atoms with Crippen LogP contribution >= 0.6 is 43.2 Å². The average molecular weight is 404 g/mol. The molecule has 1 atom stereocenters. The van der Waals surface area contributed by atoms with Crippen molar-refractivity contribution in [2.24, 2.45) is 0 Å². The molecule has 1 amide bonds. The number of amides is 1. The number of nitrogens with zero attached hydrogens (tertiary/aromatic N) is 1. The Balaban J connectivity index is 2.15. The number of carbonyl (C=O) groups is 1. The first-order valence-electron chi connectivity index (χ1n) is 5.65. The highest BCUT2D eigenvalue weighted by Crippen LogP contribution is 2.23. The van der Waals surface area contributed by atoms with E-state index in [4.69, 9.17) is 0 Å². The summed E-state index contributed by atoms with van der Waals surface area (Å²) in [5.41, 5.74) is 0.606. The average Bonchev–Trinajstić information content (AvgIpc) is 2.79. The van der Waals surface area contributed by atoms with Crippen molar-refractivity contribution in [1.29, 1.82) is 0 Å². The highest BCUT2D eigenvalue weighted by atomic mass is 79.9. The van der Waals surface area contributed by atoms with E-state index >= 15 is 0 Å². The molecule has 1 unspecified atom stereocenters. The molecule has 1 N–H and O–H groups in total. The van der Waals surface area contributed by atoms with Gasteiger partial charge in [0.2, 0.25) is 0 Å². The van der Waals surface area contributed by atoms with Gasteiger partial charge in [-0.1, -0.05) is 15.9 Å². The fourth-order valence-electron chi connectivity index (χ4n) is 1.58. The number of thiazole rings is 1. The maximum atomic E-state index is 12.2. The molecule has 2 aromatic rings. The van der Waals surface area contributed by atoms with Gasteiger partial charge < -0.3 is 5.32 Å². The molecule has 1 heterocycles. The maximum Gasteiger partial charge on any atom is 0.253 e. The lowest BCUT2D eigenvalue weighted by Crippen LogP contribution is -2.26. The molecule has 1 aromatic heterocycles. The van der Waals surface area contributed by atoms with Gasteiger partial charge in [-0.3, -0.25) is 4.79 Å². The first-order valence-corrected chi connectivity index (χ1v) is 8.06. The van der Waals surface area contributed by atoms with E-state index in [0.717, 1.165) is 18.8 Å². The Morgan fingerprint density at radius 1 is 1.42 bits per heavy atom. The van der Waals surface area contributed by atoms with Gasteiger partial charge in [0, 0.05) is 20.0 Å². The van der Waals surface area contributed by atoms with Gasteiger partial charge in [0.25, 0.3) is 5.91 Å². The maximum absolute atomic E-state index is 12.2. The minimum atomic E-state index is -0.117. The van der Waals surface area contributed by atoms with E-state index in [1.54, 1.807) is 17.4 Å². The third kappa shape index (κ3) is 3.64. The molecule has 1 aromatic carbocycles. The number of halogens is 2. The van der Waals surface area contributed by atoms with E-state index in [1.807, 2.05) is 32.2 Å². The molecule has 2 rings (SSSR count). The van der Waals surface area contributed by atoms with Crippen molar-refractivity contribution in [3.63, 3.8) is 0 Å². The monoisotopic (exact) mass is 402 g/mol. The Morgan fingerprint density at radius 2 is 2.16 bits per heavy atom. The molecule has 0 spiro atoms. The van der Waals surface area contributed by atoms with Crippen LogP contribution in [0.1, 0.15) is 33.2 Å². The molecule has 0 bridgehead atoms. The summed E-state index contributed by atoms with van der Waals surface area (Å²) in [7, 11) is 0. The van der Waals surface area contributed by atoms with Crippen molar-refractivity contribution >= 4 is 49.1 Å². The van der Waals surface area contributed by atoms with Crippen molar-refractivity contribution in [2.45, 2.75) is 19.9 Å². The molecule has 0 radical (unpaired) electrons. The van der Waals surface area contributed by atoms with Crippen LogP contribution in [-0.2, 0) is 0 Å². The van der Waals surface area contributed by atoms with Crippen LogP contribution in [0, 0.1) is 6.92 Å². The van der Waals surface area contributed by atoms with E-state index in [2.05, 4.69) is 42.2 Å². The van der Waals surface area contributed by atoms with Gasteiger partial charge in [0.1, 0.15) is 5.01 Å². The zero-order chi connectivity index (χ0) is 14.0. The Labute approximate surface area is 132 Å². The second-order valence-electron chi connectivity index (χ2n) is 4.13. The van der Waals surface area contributed by atoms with Crippen molar-refractivity contribution in [1.82, 2.24) is 10.3 Å². The number of rotatable bonds is 3. The van der Waals surface area contributed by atoms with Crippen LogP contribution in [0.5, 0.6) is 0 Å². The number of nitrogens with one attached hydrogen (secondary N) is 1. The Bertz CT molecular complexity index is 612. The van der Waals surface area contributed by atoms with Gasteiger partial charge in [-0.15, -0.1) is 11.3 Å². The van der Waals surface area contributed by atoms with Crippen LogP contribution in [0.3, 0.4) is 0 Å². The highest BCUT2D eigenvalue weighted by molar-refractivity contribution is 9.11. The Hall–Kier alpha value is -0.720. The molecule has 6 heteroatoms. The van der Waals surface area contributed by atoms with Gasteiger partial charge in [0.05, 0.1) is 11.6 Å². The van der Waals surface area contributed by atoms with Crippen LogP contribution in [-0.4, -0.2) is 10.9 Å². The van der Waals surface area contributed by atoms with Crippen molar-refractivity contribution in [2.75, 3.05) is 0 Å². The lowest BCUT2D eigenvalue weighted by molar-refractivity contribution is 0.0939. The third-order valence-corrected chi connectivity index (χ3v) is 4.81. The number of aromatic nitrogens is 1. The third-order valence-electron chi connectivity index (χ3n) is 2.53. The van der Waals surface area contributed by atoms with Gasteiger partial charge in [-0.05, 0) is 48.0 Å². The standard InChI is InChI=1S/C13H12Br2N2OS/c1-7-6-16-13(19-7)8(2)17-12(18)10-5-9(14)3-4-11(10)15/h3-6,8H,1-2H3,(H,17,18). The van der Waals surface area contributed by atoms with Gasteiger partial charge in [0.15, 0.2) is 0 Å². The summed E-state index contributed by atoms with van der Waals surface area (Å²) < 4.78 is 1.65. The van der Waals surface area contributed by atoms with Crippen molar-refractivity contribution in [3.8, 4) is 0 Å². The Kier molecular flexibility index (Phi) is 4.76. The molecule has 0 aliphatic rings. The van der Waals surface area contributed by atoms with Crippen LogP contribution in [0.4, 0.5) is 0 Å². The van der Waals surface area contributed by atoms with E-state index in [1.165, 1.54) is 0 Å². The Morgan fingerprint density at radius 3 is 2.79 bits per heavy atom. The second-order valence-corrected chi connectivity index (χ2v) is 7.16. The molecular formula is C13H12Br2N2OS. The number of hydrogen-bond donors (Lipinski definition) is 1. The molecule has 0 fully saturated rings. The van der Waals surface area contributed by atoms with E-state index in [9.17, 15) is 4.79 Å². The number of hydrogen-bond acceptors (Lipinski definition) is 3. The lowest BCUT2D eigenvalue weighted by Gasteiger charge is -2.12. The lowest BCUT2D eigenvalue weighted by atomic mass is 10.2. The summed E-state index contributed by atoms with van der Waals surface area (Å²) in [6, 6.07) is 5.42. The summed E-state index contributed by atoms with van der Waals surface area (Å²) in [5, 5.41) is 3.87. The molecule has 100 valence electrons. The van der Waals surface area contributed by atoms with Crippen molar-refractivity contribution in [3.05, 3.63) is 48.8 Å². The number of benzene rings is 1. The summed E-state index contributed by atoms with van der Waals surface area (Å²) in [6.07, 6.45) is 1.82. The predicted octanol–water partition coefficient (Wildman–Crippen LogP) is 4.47. The summed E-state index contributed by atoms with van der Waals surface area (Å²) in [5.74, 6) is -0.117. The SMILES string of the molecule is Cc1cnc(C(C)NC(=O)c2cc(Br)ccc2Br)s1. The van der Waals surface area contributed by atoms with Crippen LogP contribution < -0.4 is 5.32 Å². The zero-order valence-corrected chi connectivity index (χ0v) is 14.4. The van der Waals surface area contributed by atoms with Crippen LogP contribution in [0.15, 0.2) is 33.3 Å². The molecule has 3 nitrogen and oxygen atoms in total. The minimum Gasteiger partial charge on any atom is -0.343 e. The number of aryl methyl sites for hydroxylation is 1. The molecule has 0 aliphatic carbocycles. The summed E-state index contributed by atoms with van der Waals surface area (Å²) in [4.78, 5) is 17.6. The second kappa shape index (κ2) is 6.15. The number of carbonyl (C=O) groups excluding carboxylic acids is 1. The normalized spacial score (nSPS) is 12.2. The highest BCUT2D eigenvalue weighted by Gasteiger charge is 2.16. The van der Waals surface area contributed by atoms with Crippen LogP contribution in [0.2, 0.25) is 0 Å². The first-order chi connectivity index (χ1) is 8.97. The zero-order valence-electron chi connectivity index (χ0n) is 10.4. The summed E-state index contributed by atoms with van der Waals surface area (Å²) >= 11 is 8.35. The molecule has 0 saturated carbocycles. The van der Waals surface area contributed by atoms with E-state index < -0.39 is 0 Å². The quantitative estimate of drug-likeness (QED) is 0.821.